The number of hydrogen-bond donors (Lipinski definition) is 4. The van der Waals surface area contributed by atoms with Crippen LogP contribution in [0.2, 0.25) is 0 Å². The quantitative estimate of drug-likeness (QED) is 0.387. The average Bonchev–Trinajstić information content (AvgIpc) is 2.25. The summed E-state index contributed by atoms with van der Waals surface area (Å²) in [7, 11) is 0. The van der Waals surface area contributed by atoms with Gasteiger partial charge in [0.15, 0.2) is 0 Å². The Morgan fingerprint density at radius 2 is 1.12 bits per heavy atom. The van der Waals surface area contributed by atoms with Crippen LogP contribution in [-0.4, -0.2) is 61.4 Å². The van der Waals surface area contributed by atoms with E-state index in [1.54, 1.807) is 0 Å². The van der Waals surface area contributed by atoms with Crippen LogP contribution in [-0.2, 0) is 9.59 Å². The van der Waals surface area contributed by atoms with Gasteiger partial charge in [0.1, 0.15) is 26.2 Å². The average molecular weight is 232 g/mol. The molecular formula is C10H20N2O4+2. The largest absolute Gasteiger partial charge is 0.481 e. The fraction of sp³-hybridized carbons (Fsp3) is 0.800. The minimum Gasteiger partial charge on any atom is -0.481 e. The Labute approximate surface area is 94.4 Å². The number of hydrogen-bond acceptors (Lipinski definition) is 2. The topological polar surface area (TPSA) is 83.5 Å². The molecule has 1 fully saturated rings. The zero-order valence-electron chi connectivity index (χ0n) is 9.37. The number of piperazine rings is 1. The molecule has 1 aliphatic heterocycles. The molecule has 0 radical (unpaired) electrons. The molecule has 1 saturated heterocycles. The molecule has 1 rings (SSSR count). The summed E-state index contributed by atoms with van der Waals surface area (Å²) in [5.41, 5.74) is 0. The van der Waals surface area contributed by atoms with Gasteiger partial charge in [-0.25, -0.2) is 0 Å². The lowest BCUT2D eigenvalue weighted by molar-refractivity contribution is -1.01. The monoisotopic (exact) mass is 232 g/mol. The van der Waals surface area contributed by atoms with E-state index >= 15 is 0 Å². The van der Waals surface area contributed by atoms with E-state index in [0.29, 0.717) is 13.1 Å². The number of carboxylic acids is 2. The van der Waals surface area contributed by atoms with Crippen LogP contribution in [0.3, 0.4) is 0 Å². The van der Waals surface area contributed by atoms with Gasteiger partial charge in [0.25, 0.3) is 0 Å². The van der Waals surface area contributed by atoms with Crippen molar-refractivity contribution in [2.75, 3.05) is 39.3 Å². The van der Waals surface area contributed by atoms with Crippen molar-refractivity contribution in [1.29, 1.82) is 0 Å². The molecule has 1 heterocycles. The van der Waals surface area contributed by atoms with Gasteiger partial charge in [0, 0.05) is 0 Å². The molecule has 0 aromatic heterocycles. The van der Waals surface area contributed by atoms with E-state index < -0.39 is 11.9 Å². The summed E-state index contributed by atoms with van der Waals surface area (Å²) in [4.78, 5) is 23.4. The van der Waals surface area contributed by atoms with Crippen LogP contribution in [0.15, 0.2) is 0 Å². The molecule has 0 spiro atoms. The first-order valence-corrected chi connectivity index (χ1v) is 5.68. The molecular weight excluding hydrogens is 212 g/mol. The van der Waals surface area contributed by atoms with E-state index in [2.05, 4.69) is 0 Å². The summed E-state index contributed by atoms with van der Waals surface area (Å²) < 4.78 is 0. The maximum atomic E-state index is 10.4. The molecule has 0 unspecified atom stereocenters. The minimum absolute atomic E-state index is 0.222. The van der Waals surface area contributed by atoms with Crippen LogP contribution in [0.25, 0.3) is 0 Å². The Kier molecular flexibility index (Phi) is 5.21. The van der Waals surface area contributed by atoms with Crippen LogP contribution in [0.4, 0.5) is 0 Å². The molecule has 0 atom stereocenters. The molecule has 0 amide bonds. The molecule has 0 aromatic rings. The van der Waals surface area contributed by atoms with Gasteiger partial charge >= 0.3 is 11.9 Å². The van der Waals surface area contributed by atoms with Gasteiger partial charge in [-0.05, 0) is 0 Å². The number of aliphatic carboxylic acids is 2. The number of quaternary nitrogens is 2. The second-order valence-electron chi connectivity index (χ2n) is 4.29. The molecule has 1 aliphatic rings. The fourth-order valence-electron chi connectivity index (χ4n) is 2.02. The Morgan fingerprint density at radius 1 is 0.812 bits per heavy atom. The Hall–Kier alpha value is -1.14. The maximum absolute atomic E-state index is 10.4. The Bertz CT molecular complexity index is 223. The van der Waals surface area contributed by atoms with E-state index in [4.69, 9.17) is 10.2 Å². The Balaban J connectivity index is 2.13. The first kappa shape index (κ1) is 12.9. The second-order valence-corrected chi connectivity index (χ2v) is 4.29. The van der Waals surface area contributed by atoms with Crippen LogP contribution in [0.1, 0.15) is 12.8 Å². The van der Waals surface area contributed by atoms with Crippen molar-refractivity contribution >= 4 is 11.9 Å². The highest BCUT2D eigenvalue weighted by Crippen LogP contribution is 1.74. The second kappa shape index (κ2) is 6.44. The lowest BCUT2D eigenvalue weighted by Gasteiger charge is -2.29. The summed E-state index contributed by atoms with van der Waals surface area (Å²) in [5.74, 6) is -1.48. The van der Waals surface area contributed by atoms with Crippen LogP contribution in [0.5, 0.6) is 0 Å². The predicted octanol–water partition coefficient (Wildman–Crippen LogP) is -3.28. The highest BCUT2D eigenvalue weighted by molar-refractivity contribution is 5.66. The third kappa shape index (κ3) is 5.09. The summed E-state index contributed by atoms with van der Waals surface area (Å²) in [5, 5.41) is 17.1. The maximum Gasteiger partial charge on any atom is 0.309 e. The molecule has 4 N–H and O–H groups in total. The zero-order valence-corrected chi connectivity index (χ0v) is 9.37. The molecule has 0 bridgehead atoms. The SMILES string of the molecule is O=C(O)CC[NH+]1CC[NH+](CCC(=O)O)CC1. The Morgan fingerprint density at radius 3 is 1.38 bits per heavy atom. The standard InChI is InChI=1S/C10H18N2O4/c13-9(14)1-3-11-5-7-12(8-6-11)4-2-10(15)16/h1-8H2,(H,13,14)(H,15,16)/p+2. The smallest absolute Gasteiger partial charge is 0.309 e. The normalized spacial score (nSPS) is 25.2. The van der Waals surface area contributed by atoms with Crippen LogP contribution >= 0.6 is 0 Å². The molecule has 16 heavy (non-hydrogen) atoms. The molecule has 0 aliphatic carbocycles. The molecule has 92 valence electrons. The van der Waals surface area contributed by atoms with E-state index in [0.717, 1.165) is 26.2 Å². The summed E-state index contributed by atoms with van der Waals surface area (Å²) in [6.45, 7) is 5.15. The van der Waals surface area contributed by atoms with Crippen molar-refractivity contribution < 1.29 is 29.6 Å². The van der Waals surface area contributed by atoms with Gasteiger partial charge < -0.3 is 20.0 Å². The van der Waals surface area contributed by atoms with Gasteiger partial charge in [-0.2, -0.15) is 0 Å². The van der Waals surface area contributed by atoms with Crippen molar-refractivity contribution in [3.05, 3.63) is 0 Å². The third-order valence-corrected chi connectivity index (χ3v) is 3.05. The van der Waals surface area contributed by atoms with Gasteiger partial charge in [-0.1, -0.05) is 0 Å². The predicted molar refractivity (Wildman–Crippen MR) is 55.6 cm³/mol. The van der Waals surface area contributed by atoms with Crippen molar-refractivity contribution in [3.63, 3.8) is 0 Å². The first-order valence-electron chi connectivity index (χ1n) is 5.68. The number of nitrogens with one attached hydrogen (secondary N) is 2. The number of carbonyl (C=O) groups is 2. The highest BCUT2D eigenvalue weighted by atomic mass is 16.4. The summed E-state index contributed by atoms with van der Waals surface area (Å²) in [6.07, 6.45) is 0.444. The fourth-order valence-corrected chi connectivity index (χ4v) is 2.02. The number of carboxylic acid groups (broad SMARTS) is 2. The molecule has 0 aromatic carbocycles. The molecule has 6 nitrogen and oxygen atoms in total. The van der Waals surface area contributed by atoms with Crippen molar-refractivity contribution in [2.45, 2.75) is 12.8 Å². The molecule has 6 heteroatoms. The first-order chi connectivity index (χ1) is 7.58. The van der Waals surface area contributed by atoms with Crippen molar-refractivity contribution in [1.82, 2.24) is 0 Å². The zero-order chi connectivity index (χ0) is 12.0. The van der Waals surface area contributed by atoms with E-state index in [1.807, 2.05) is 0 Å². The van der Waals surface area contributed by atoms with Crippen LogP contribution < -0.4 is 9.80 Å². The summed E-state index contributed by atoms with van der Waals surface area (Å²) in [6, 6.07) is 0. The van der Waals surface area contributed by atoms with Crippen LogP contribution in [0, 0.1) is 0 Å². The van der Waals surface area contributed by atoms with Gasteiger partial charge in [-0.15, -0.1) is 0 Å². The van der Waals surface area contributed by atoms with Crippen molar-refractivity contribution in [3.8, 4) is 0 Å². The van der Waals surface area contributed by atoms with E-state index in [9.17, 15) is 9.59 Å². The van der Waals surface area contributed by atoms with E-state index in [1.165, 1.54) is 9.80 Å². The van der Waals surface area contributed by atoms with Crippen molar-refractivity contribution in [2.24, 2.45) is 0 Å². The molecule has 0 saturated carbocycles. The lowest BCUT2D eigenvalue weighted by Crippen LogP contribution is -3.28. The third-order valence-electron chi connectivity index (χ3n) is 3.05. The number of rotatable bonds is 6. The minimum atomic E-state index is -0.742. The van der Waals surface area contributed by atoms with Gasteiger partial charge in [0.05, 0.1) is 25.9 Å². The lowest BCUT2D eigenvalue weighted by atomic mass is 10.2. The highest BCUT2D eigenvalue weighted by Gasteiger charge is 2.23. The van der Waals surface area contributed by atoms with Gasteiger partial charge in [0.2, 0.25) is 0 Å². The summed E-state index contributed by atoms with van der Waals surface area (Å²) >= 11 is 0. The van der Waals surface area contributed by atoms with Gasteiger partial charge in [-0.3, -0.25) is 9.59 Å². The van der Waals surface area contributed by atoms with E-state index in [-0.39, 0.29) is 12.8 Å².